The van der Waals surface area contributed by atoms with Gasteiger partial charge in [0.15, 0.2) is 0 Å². The summed E-state index contributed by atoms with van der Waals surface area (Å²) in [5.74, 6) is 0. The van der Waals surface area contributed by atoms with Crippen LogP contribution in [0.4, 0.5) is 0 Å². The number of nitrogens with zero attached hydrogens (tertiary/aromatic N) is 1. The maximum atomic E-state index is 5.26. The molecule has 0 aliphatic heterocycles. The fourth-order valence-electron chi connectivity index (χ4n) is 0.518. The first-order valence-corrected chi connectivity index (χ1v) is 3.45. The van der Waals surface area contributed by atoms with Crippen LogP contribution in [0.5, 0.6) is 0 Å². The van der Waals surface area contributed by atoms with E-state index < -0.39 is 0 Å². The van der Waals surface area contributed by atoms with E-state index in [1.807, 2.05) is 0 Å². The lowest BCUT2D eigenvalue weighted by atomic mass is 10.4. The Labute approximate surface area is 56.8 Å². The van der Waals surface area contributed by atoms with Gasteiger partial charge in [-0.15, -0.1) is 0 Å². The summed E-state index contributed by atoms with van der Waals surface area (Å²) in [6.07, 6.45) is 2.01. The molecular formula is C6H16N3. The third kappa shape index (κ3) is 7.88. The van der Waals surface area contributed by atoms with Gasteiger partial charge in [0.05, 0.1) is 0 Å². The van der Waals surface area contributed by atoms with Gasteiger partial charge in [-0.25, -0.2) is 5.32 Å². The molecule has 0 saturated heterocycles. The number of rotatable bonds is 6. The summed E-state index contributed by atoms with van der Waals surface area (Å²) in [6.45, 7) is 3.28. The van der Waals surface area contributed by atoms with Gasteiger partial charge in [-0.05, 0) is 25.9 Å². The van der Waals surface area contributed by atoms with E-state index in [0.29, 0.717) is 0 Å². The lowest BCUT2D eigenvalue weighted by molar-refractivity contribution is 0.620. The van der Waals surface area contributed by atoms with Gasteiger partial charge in [-0.3, -0.25) is 0 Å². The molecular weight excluding hydrogens is 114 g/mol. The Kier molecular flexibility index (Phi) is 7.77. The smallest absolute Gasteiger partial charge is 0.0145 e. The Balaban J connectivity index is 2.60. The lowest BCUT2D eigenvalue weighted by Gasteiger charge is -1.97. The first-order chi connectivity index (χ1) is 4.41. The minimum absolute atomic E-state index is 0.742. The monoisotopic (exact) mass is 130 g/mol. The minimum Gasteiger partial charge on any atom is -0.330 e. The highest BCUT2D eigenvalue weighted by Crippen LogP contribution is 1.74. The van der Waals surface area contributed by atoms with Crippen molar-refractivity contribution in [3.8, 4) is 0 Å². The molecule has 3 heteroatoms. The third-order valence-electron chi connectivity index (χ3n) is 1.04. The summed E-state index contributed by atoms with van der Waals surface area (Å²) in [5, 5.41) is 4.19. The van der Waals surface area contributed by atoms with Crippen LogP contribution in [0.1, 0.15) is 12.8 Å². The van der Waals surface area contributed by atoms with Gasteiger partial charge in [0.1, 0.15) is 0 Å². The van der Waals surface area contributed by atoms with E-state index in [2.05, 4.69) is 5.32 Å². The number of hydrogen-bond acceptors (Lipinski definition) is 2. The van der Waals surface area contributed by atoms with Crippen molar-refractivity contribution < 1.29 is 0 Å². The van der Waals surface area contributed by atoms with E-state index in [1.165, 1.54) is 0 Å². The highest BCUT2D eigenvalue weighted by molar-refractivity contribution is 4.47. The zero-order valence-corrected chi connectivity index (χ0v) is 5.84. The maximum Gasteiger partial charge on any atom is 0.0145 e. The van der Waals surface area contributed by atoms with E-state index in [0.717, 1.165) is 39.0 Å². The van der Waals surface area contributed by atoms with Gasteiger partial charge in [-0.2, -0.15) is 0 Å². The van der Waals surface area contributed by atoms with Gasteiger partial charge < -0.3 is 11.5 Å². The second kappa shape index (κ2) is 7.88. The SMILES string of the molecule is NCCC[N]CCCN. The Morgan fingerprint density at radius 3 is 1.67 bits per heavy atom. The van der Waals surface area contributed by atoms with Crippen LogP contribution in [0.15, 0.2) is 0 Å². The zero-order valence-electron chi connectivity index (χ0n) is 5.84. The molecule has 0 aliphatic carbocycles. The molecule has 0 rings (SSSR count). The zero-order chi connectivity index (χ0) is 6.95. The average molecular weight is 130 g/mol. The van der Waals surface area contributed by atoms with Gasteiger partial charge >= 0.3 is 0 Å². The van der Waals surface area contributed by atoms with Crippen LogP contribution in [-0.4, -0.2) is 26.2 Å². The first-order valence-electron chi connectivity index (χ1n) is 3.45. The molecule has 0 bridgehead atoms. The molecule has 55 valence electrons. The standard InChI is InChI=1S/C6H16N3/c7-3-1-5-9-6-2-4-8/h1-8H2. The average Bonchev–Trinajstić information content (AvgIpc) is 1.89. The van der Waals surface area contributed by atoms with Crippen LogP contribution in [-0.2, 0) is 0 Å². The minimum atomic E-state index is 0.742. The Hall–Kier alpha value is -0.120. The molecule has 0 atom stereocenters. The topological polar surface area (TPSA) is 66.1 Å². The van der Waals surface area contributed by atoms with Gasteiger partial charge in [-0.1, -0.05) is 0 Å². The van der Waals surface area contributed by atoms with Crippen LogP contribution in [0.2, 0.25) is 0 Å². The molecule has 4 N–H and O–H groups in total. The van der Waals surface area contributed by atoms with Crippen LogP contribution >= 0.6 is 0 Å². The fourth-order valence-corrected chi connectivity index (χ4v) is 0.518. The highest BCUT2D eigenvalue weighted by atomic mass is 14.8. The summed E-state index contributed by atoms with van der Waals surface area (Å²) >= 11 is 0. The molecule has 0 spiro atoms. The molecule has 3 nitrogen and oxygen atoms in total. The third-order valence-corrected chi connectivity index (χ3v) is 1.04. The summed E-state index contributed by atoms with van der Waals surface area (Å²) in [6, 6.07) is 0. The fraction of sp³-hybridized carbons (Fsp3) is 1.00. The number of nitrogens with two attached hydrogens (primary N) is 2. The van der Waals surface area contributed by atoms with E-state index >= 15 is 0 Å². The molecule has 0 aliphatic rings. The summed E-state index contributed by atoms with van der Waals surface area (Å²) in [7, 11) is 0. The summed E-state index contributed by atoms with van der Waals surface area (Å²) in [4.78, 5) is 0. The highest BCUT2D eigenvalue weighted by Gasteiger charge is 1.85. The quantitative estimate of drug-likeness (QED) is 0.466. The molecule has 0 heterocycles. The molecule has 0 saturated carbocycles. The molecule has 1 radical (unpaired) electrons. The van der Waals surface area contributed by atoms with Gasteiger partial charge in [0.2, 0.25) is 0 Å². The van der Waals surface area contributed by atoms with Crippen molar-refractivity contribution in [1.82, 2.24) is 5.32 Å². The van der Waals surface area contributed by atoms with Crippen LogP contribution in [0, 0.1) is 0 Å². The predicted molar refractivity (Wildman–Crippen MR) is 39.2 cm³/mol. The Bertz CT molecular complexity index is 41.6. The largest absolute Gasteiger partial charge is 0.330 e. The summed E-state index contributed by atoms with van der Waals surface area (Å²) in [5.41, 5.74) is 10.5. The summed E-state index contributed by atoms with van der Waals surface area (Å²) < 4.78 is 0. The van der Waals surface area contributed by atoms with Crippen molar-refractivity contribution in [3.63, 3.8) is 0 Å². The van der Waals surface area contributed by atoms with Crippen LogP contribution in [0.3, 0.4) is 0 Å². The van der Waals surface area contributed by atoms with Gasteiger partial charge in [0.25, 0.3) is 0 Å². The molecule has 0 amide bonds. The Morgan fingerprint density at radius 1 is 0.889 bits per heavy atom. The predicted octanol–water partition coefficient (Wildman–Crippen LogP) is -0.712. The second-order valence-electron chi connectivity index (χ2n) is 1.96. The molecule has 0 aromatic heterocycles. The van der Waals surface area contributed by atoms with Crippen LogP contribution in [0.25, 0.3) is 0 Å². The molecule has 0 fully saturated rings. The molecule has 0 aromatic carbocycles. The maximum absolute atomic E-state index is 5.26. The lowest BCUT2D eigenvalue weighted by Crippen LogP contribution is -2.15. The van der Waals surface area contributed by atoms with E-state index in [9.17, 15) is 0 Å². The molecule has 0 aromatic rings. The van der Waals surface area contributed by atoms with Gasteiger partial charge in [0, 0.05) is 13.1 Å². The Morgan fingerprint density at radius 2 is 1.33 bits per heavy atom. The van der Waals surface area contributed by atoms with Crippen LogP contribution < -0.4 is 16.8 Å². The van der Waals surface area contributed by atoms with E-state index in [1.54, 1.807) is 0 Å². The van der Waals surface area contributed by atoms with Crippen molar-refractivity contribution in [2.45, 2.75) is 12.8 Å². The van der Waals surface area contributed by atoms with Crippen molar-refractivity contribution in [2.24, 2.45) is 11.5 Å². The van der Waals surface area contributed by atoms with Crippen molar-refractivity contribution in [3.05, 3.63) is 0 Å². The normalized spacial score (nSPS) is 10.0. The van der Waals surface area contributed by atoms with Crippen molar-refractivity contribution in [2.75, 3.05) is 26.2 Å². The van der Waals surface area contributed by atoms with E-state index in [-0.39, 0.29) is 0 Å². The van der Waals surface area contributed by atoms with Crippen molar-refractivity contribution in [1.29, 1.82) is 0 Å². The first kappa shape index (κ1) is 8.88. The van der Waals surface area contributed by atoms with Crippen molar-refractivity contribution >= 4 is 0 Å². The second-order valence-corrected chi connectivity index (χ2v) is 1.96. The van der Waals surface area contributed by atoms with E-state index in [4.69, 9.17) is 11.5 Å². The molecule has 0 unspecified atom stereocenters. The number of hydrogen-bond donors (Lipinski definition) is 2. The molecule has 9 heavy (non-hydrogen) atoms.